The summed E-state index contributed by atoms with van der Waals surface area (Å²) in [6, 6.07) is 14.1. The van der Waals surface area contributed by atoms with Crippen LogP contribution in [-0.4, -0.2) is 42.5 Å². The molecule has 0 amide bonds. The van der Waals surface area contributed by atoms with Crippen LogP contribution in [0, 0.1) is 0 Å². The van der Waals surface area contributed by atoms with Crippen molar-refractivity contribution in [3.05, 3.63) is 60.7 Å². The van der Waals surface area contributed by atoms with Crippen LogP contribution in [0.4, 0.5) is 5.82 Å². The van der Waals surface area contributed by atoms with Crippen LogP contribution in [-0.2, 0) is 7.05 Å². The highest BCUT2D eigenvalue weighted by atomic mass is 15.4. The second-order valence-electron chi connectivity index (χ2n) is 7.07. The first-order valence-electron chi connectivity index (χ1n) is 9.28. The van der Waals surface area contributed by atoms with E-state index in [1.165, 1.54) is 12.1 Å². The number of hydrogen-bond acceptors (Lipinski definition) is 5. The van der Waals surface area contributed by atoms with Gasteiger partial charge in [-0.25, -0.2) is 4.98 Å². The zero-order chi connectivity index (χ0) is 18.2. The molecule has 27 heavy (non-hydrogen) atoms. The summed E-state index contributed by atoms with van der Waals surface area (Å²) in [7, 11) is 2.06. The Balaban J connectivity index is 1.49. The lowest BCUT2D eigenvalue weighted by Crippen LogP contribution is -2.35. The van der Waals surface area contributed by atoms with Crippen molar-refractivity contribution in [1.82, 2.24) is 29.4 Å². The van der Waals surface area contributed by atoms with Gasteiger partial charge in [0, 0.05) is 43.5 Å². The summed E-state index contributed by atoms with van der Waals surface area (Å²) in [6.45, 7) is 1.95. The smallest absolute Gasteiger partial charge is 0.185 e. The number of aryl methyl sites for hydroxylation is 1. The molecule has 0 saturated carbocycles. The monoisotopic (exact) mass is 359 g/mol. The molecule has 0 spiro atoms. The molecule has 1 aliphatic rings. The van der Waals surface area contributed by atoms with Gasteiger partial charge in [0.15, 0.2) is 11.5 Å². The minimum absolute atomic E-state index is 0.471. The maximum Gasteiger partial charge on any atom is 0.185 e. The van der Waals surface area contributed by atoms with E-state index in [1.54, 1.807) is 0 Å². The fourth-order valence-electron chi connectivity index (χ4n) is 3.90. The van der Waals surface area contributed by atoms with Crippen molar-refractivity contribution in [2.75, 3.05) is 18.0 Å². The van der Waals surface area contributed by atoms with Crippen molar-refractivity contribution in [3.8, 4) is 11.4 Å². The van der Waals surface area contributed by atoms with E-state index in [9.17, 15) is 0 Å². The van der Waals surface area contributed by atoms with Crippen LogP contribution in [0.25, 0.3) is 17.0 Å². The lowest BCUT2D eigenvalue weighted by atomic mass is 9.95. The number of anilines is 1. The van der Waals surface area contributed by atoms with Gasteiger partial charge in [-0.05, 0) is 25.0 Å². The molecule has 0 aliphatic carbocycles. The van der Waals surface area contributed by atoms with Crippen molar-refractivity contribution in [1.29, 1.82) is 0 Å². The first kappa shape index (κ1) is 16.0. The van der Waals surface area contributed by atoms with E-state index in [-0.39, 0.29) is 0 Å². The molecule has 1 atom stereocenters. The quantitative estimate of drug-likeness (QED) is 0.563. The first-order chi connectivity index (χ1) is 13.3. The molecule has 0 bridgehead atoms. The number of imidazole rings is 1. The number of nitrogens with zero attached hydrogens (tertiary/aromatic N) is 7. The van der Waals surface area contributed by atoms with Crippen molar-refractivity contribution in [3.63, 3.8) is 0 Å². The molecule has 0 radical (unpaired) electrons. The third kappa shape index (κ3) is 2.85. The van der Waals surface area contributed by atoms with Gasteiger partial charge in [-0.3, -0.25) is 0 Å². The Morgan fingerprint density at radius 1 is 1.04 bits per heavy atom. The zero-order valence-corrected chi connectivity index (χ0v) is 15.2. The molecule has 1 fully saturated rings. The molecule has 1 aromatic carbocycles. The molecule has 1 saturated heterocycles. The average Bonchev–Trinajstić information content (AvgIpc) is 3.34. The van der Waals surface area contributed by atoms with Crippen LogP contribution in [0.3, 0.4) is 0 Å². The Morgan fingerprint density at radius 3 is 2.74 bits per heavy atom. The Labute approximate surface area is 157 Å². The van der Waals surface area contributed by atoms with E-state index in [2.05, 4.69) is 31.7 Å². The Hall–Kier alpha value is -3.22. The molecule has 4 heterocycles. The number of piperidine rings is 1. The second kappa shape index (κ2) is 6.50. The van der Waals surface area contributed by atoms with Gasteiger partial charge in [-0.15, -0.1) is 15.3 Å². The highest BCUT2D eigenvalue weighted by Crippen LogP contribution is 2.29. The summed E-state index contributed by atoms with van der Waals surface area (Å²) in [5, 5.41) is 13.5. The van der Waals surface area contributed by atoms with Crippen LogP contribution >= 0.6 is 0 Å². The van der Waals surface area contributed by atoms with E-state index < -0.39 is 0 Å². The highest BCUT2D eigenvalue weighted by Gasteiger charge is 2.24. The van der Waals surface area contributed by atoms with Gasteiger partial charge < -0.3 is 9.47 Å². The minimum Gasteiger partial charge on any atom is -0.355 e. The van der Waals surface area contributed by atoms with Crippen molar-refractivity contribution < 1.29 is 0 Å². The molecule has 1 aliphatic heterocycles. The van der Waals surface area contributed by atoms with E-state index in [0.717, 1.165) is 42.4 Å². The number of rotatable bonds is 3. The fourth-order valence-corrected chi connectivity index (χ4v) is 3.90. The number of aromatic nitrogens is 6. The molecular formula is C20H21N7. The van der Waals surface area contributed by atoms with Crippen LogP contribution in [0.2, 0.25) is 0 Å². The van der Waals surface area contributed by atoms with Gasteiger partial charge in [0.25, 0.3) is 0 Å². The second-order valence-corrected chi connectivity index (χ2v) is 7.07. The van der Waals surface area contributed by atoms with Crippen molar-refractivity contribution in [2.24, 2.45) is 7.05 Å². The van der Waals surface area contributed by atoms with Gasteiger partial charge in [0.1, 0.15) is 5.82 Å². The lowest BCUT2D eigenvalue weighted by Gasteiger charge is -2.33. The Morgan fingerprint density at radius 2 is 1.93 bits per heavy atom. The SMILES string of the molecule is Cn1cncc1C1CCCN(c2ccc3nnc(-c4ccccc4)n3n2)C1. The summed E-state index contributed by atoms with van der Waals surface area (Å²) in [6.07, 6.45) is 6.18. The van der Waals surface area contributed by atoms with E-state index in [4.69, 9.17) is 5.10 Å². The standard InChI is InChI=1S/C20H21N7/c1-25-14-21-12-17(25)16-8-5-11-26(13-16)19-10-9-18-22-23-20(27(18)24-19)15-6-3-2-4-7-15/h2-4,6-7,9-10,12,14,16H,5,8,11,13H2,1H3. The number of hydrogen-bond donors (Lipinski definition) is 0. The maximum atomic E-state index is 4.87. The molecule has 1 unspecified atom stereocenters. The topological polar surface area (TPSA) is 64.1 Å². The number of fused-ring (bicyclic) bond motifs is 1. The van der Waals surface area contributed by atoms with Gasteiger partial charge >= 0.3 is 0 Å². The molecule has 5 rings (SSSR count). The van der Waals surface area contributed by atoms with Crippen molar-refractivity contribution in [2.45, 2.75) is 18.8 Å². The maximum absolute atomic E-state index is 4.87. The molecule has 7 nitrogen and oxygen atoms in total. The van der Waals surface area contributed by atoms with Crippen LogP contribution in [0.15, 0.2) is 55.0 Å². The third-order valence-corrected chi connectivity index (χ3v) is 5.30. The molecule has 4 aromatic rings. The van der Waals surface area contributed by atoms with Gasteiger partial charge in [0.05, 0.1) is 6.33 Å². The Kier molecular flexibility index (Phi) is 3.85. The highest BCUT2D eigenvalue weighted by molar-refractivity contribution is 5.59. The van der Waals surface area contributed by atoms with Crippen LogP contribution in [0.5, 0.6) is 0 Å². The van der Waals surface area contributed by atoms with Gasteiger partial charge in [-0.2, -0.15) is 4.52 Å². The predicted octanol–water partition coefficient (Wildman–Crippen LogP) is 2.91. The van der Waals surface area contributed by atoms with Crippen LogP contribution < -0.4 is 4.90 Å². The summed E-state index contributed by atoms with van der Waals surface area (Å²) in [5.74, 6) is 2.21. The van der Waals surface area contributed by atoms with Crippen LogP contribution in [0.1, 0.15) is 24.5 Å². The molecule has 136 valence electrons. The molecular weight excluding hydrogens is 338 g/mol. The lowest BCUT2D eigenvalue weighted by molar-refractivity contribution is 0.487. The minimum atomic E-state index is 0.471. The van der Waals surface area contributed by atoms with E-state index in [0.29, 0.717) is 5.92 Å². The summed E-state index contributed by atoms with van der Waals surface area (Å²) in [4.78, 5) is 6.64. The van der Waals surface area contributed by atoms with Crippen molar-refractivity contribution >= 4 is 11.5 Å². The normalized spacial score (nSPS) is 17.5. The molecule has 3 aromatic heterocycles. The summed E-state index contributed by atoms with van der Waals surface area (Å²) >= 11 is 0. The molecule has 0 N–H and O–H groups in total. The molecule has 7 heteroatoms. The average molecular weight is 359 g/mol. The van der Waals surface area contributed by atoms with E-state index in [1.807, 2.05) is 59.5 Å². The summed E-state index contributed by atoms with van der Waals surface area (Å²) < 4.78 is 3.97. The van der Waals surface area contributed by atoms with Gasteiger partial charge in [0.2, 0.25) is 0 Å². The number of benzene rings is 1. The van der Waals surface area contributed by atoms with E-state index >= 15 is 0 Å². The third-order valence-electron chi connectivity index (χ3n) is 5.30. The first-order valence-corrected chi connectivity index (χ1v) is 9.28. The zero-order valence-electron chi connectivity index (χ0n) is 15.2. The Bertz CT molecular complexity index is 1070. The van der Waals surface area contributed by atoms with Gasteiger partial charge in [-0.1, -0.05) is 30.3 Å². The summed E-state index contributed by atoms with van der Waals surface area (Å²) in [5.41, 5.74) is 3.06. The largest absolute Gasteiger partial charge is 0.355 e. The predicted molar refractivity (Wildman–Crippen MR) is 104 cm³/mol. The fraction of sp³-hybridized carbons (Fsp3) is 0.300.